The highest BCUT2D eigenvalue weighted by Crippen LogP contribution is 2.05. The lowest BCUT2D eigenvalue weighted by atomic mass is 10.2. The van der Waals surface area contributed by atoms with Crippen LogP contribution >= 0.6 is 11.6 Å². The summed E-state index contributed by atoms with van der Waals surface area (Å²) >= 11 is 5.47. The Labute approximate surface area is 101 Å². The van der Waals surface area contributed by atoms with Crippen molar-refractivity contribution in [2.75, 3.05) is 12.4 Å². The summed E-state index contributed by atoms with van der Waals surface area (Å²) in [5, 5.41) is 2.77. The van der Waals surface area contributed by atoms with Gasteiger partial charge in [0, 0.05) is 18.1 Å². The van der Waals surface area contributed by atoms with Gasteiger partial charge in [0.15, 0.2) is 0 Å². The minimum Gasteiger partial charge on any atom is -0.349 e. The van der Waals surface area contributed by atoms with Gasteiger partial charge in [-0.2, -0.15) is 0 Å². The average molecular weight is 239 g/mol. The molecule has 3 nitrogen and oxygen atoms in total. The van der Waals surface area contributed by atoms with Crippen LogP contribution in [0.15, 0.2) is 24.3 Å². The number of hydrogen-bond donors (Lipinski definition) is 1. The number of carbonyl (C=O) groups is 1. The third-order valence-corrected chi connectivity index (χ3v) is 2.28. The molecule has 0 fully saturated rings. The quantitative estimate of drug-likeness (QED) is 0.646. The van der Waals surface area contributed by atoms with Crippen molar-refractivity contribution in [3.8, 4) is 0 Å². The van der Waals surface area contributed by atoms with Crippen LogP contribution in [0.3, 0.4) is 0 Å². The number of rotatable bonds is 4. The number of nitrogens with one attached hydrogen (secondary N) is 1. The lowest BCUT2D eigenvalue weighted by Crippen LogP contribution is -2.24. The monoisotopic (exact) mass is 238 g/mol. The number of nitrogens with zero attached hydrogens (tertiary/aromatic N) is 1. The molecule has 1 aromatic rings. The summed E-state index contributed by atoms with van der Waals surface area (Å²) in [4.78, 5) is 16.0. The molecular weight excluding hydrogens is 224 g/mol. The summed E-state index contributed by atoms with van der Waals surface area (Å²) in [6, 6.07) is 3.62. The first-order valence-electron chi connectivity index (χ1n) is 5.08. The van der Waals surface area contributed by atoms with Gasteiger partial charge in [0.2, 0.25) is 0 Å². The summed E-state index contributed by atoms with van der Waals surface area (Å²) in [5.41, 5.74) is 2.28. The van der Waals surface area contributed by atoms with Crippen LogP contribution in [0, 0.1) is 13.8 Å². The fourth-order valence-electron chi connectivity index (χ4n) is 1.32. The van der Waals surface area contributed by atoms with Crippen LogP contribution in [0.5, 0.6) is 0 Å². The number of carbonyl (C=O) groups excluding carboxylic acids is 1. The number of allylic oxidation sites excluding steroid dienone is 1. The second kappa shape index (κ2) is 6.28. The fraction of sp³-hybridized carbons (Fsp3) is 0.333. The molecule has 1 aromatic heterocycles. The highest BCUT2D eigenvalue weighted by Gasteiger charge is 2.08. The minimum atomic E-state index is -0.107. The summed E-state index contributed by atoms with van der Waals surface area (Å²) in [5.74, 6) is 0.352. The Morgan fingerprint density at radius 1 is 1.44 bits per heavy atom. The standard InChI is InChI=1S/C12H15ClN2O/c1-9-5-6-11(10(2)15-9)12(16)14-8-4-3-7-13/h3-6H,7-8H2,1-2H3,(H,14,16)/b4-3+. The van der Waals surface area contributed by atoms with E-state index in [9.17, 15) is 4.79 Å². The first kappa shape index (κ1) is 12.7. The molecule has 0 radical (unpaired) electrons. The largest absolute Gasteiger partial charge is 0.349 e. The van der Waals surface area contributed by atoms with Crippen molar-refractivity contribution >= 4 is 17.5 Å². The smallest absolute Gasteiger partial charge is 0.253 e. The Morgan fingerprint density at radius 2 is 2.19 bits per heavy atom. The molecule has 1 N–H and O–H groups in total. The van der Waals surface area contributed by atoms with Crippen molar-refractivity contribution in [1.82, 2.24) is 10.3 Å². The maximum Gasteiger partial charge on any atom is 0.253 e. The van der Waals surface area contributed by atoms with Gasteiger partial charge >= 0.3 is 0 Å². The van der Waals surface area contributed by atoms with Crippen molar-refractivity contribution in [1.29, 1.82) is 0 Å². The van der Waals surface area contributed by atoms with Crippen LogP contribution in [0.4, 0.5) is 0 Å². The van der Waals surface area contributed by atoms with E-state index in [1.165, 1.54) is 0 Å². The van der Waals surface area contributed by atoms with Crippen LogP contribution in [0.1, 0.15) is 21.7 Å². The van der Waals surface area contributed by atoms with E-state index in [0.29, 0.717) is 18.0 Å². The second-order valence-electron chi connectivity index (χ2n) is 3.42. The molecule has 0 aliphatic heterocycles. The SMILES string of the molecule is Cc1ccc(C(=O)NC/C=C/CCl)c(C)n1. The average Bonchev–Trinajstić information content (AvgIpc) is 2.24. The molecule has 1 amide bonds. The summed E-state index contributed by atoms with van der Waals surface area (Å²) in [6.07, 6.45) is 3.62. The van der Waals surface area contributed by atoms with Crippen LogP contribution in [0.2, 0.25) is 0 Å². The number of pyridine rings is 1. The molecule has 16 heavy (non-hydrogen) atoms. The Bertz CT molecular complexity index is 402. The van der Waals surface area contributed by atoms with E-state index in [4.69, 9.17) is 11.6 Å². The summed E-state index contributed by atoms with van der Waals surface area (Å²) < 4.78 is 0. The van der Waals surface area contributed by atoms with Gasteiger partial charge in [-0.05, 0) is 26.0 Å². The molecule has 1 heterocycles. The Hall–Kier alpha value is -1.35. The van der Waals surface area contributed by atoms with Gasteiger partial charge in [-0.25, -0.2) is 0 Å². The molecule has 86 valence electrons. The molecule has 0 aliphatic carbocycles. The van der Waals surface area contributed by atoms with Crippen molar-refractivity contribution in [2.45, 2.75) is 13.8 Å². The number of amides is 1. The molecule has 0 atom stereocenters. The molecule has 0 saturated heterocycles. The topological polar surface area (TPSA) is 42.0 Å². The van der Waals surface area contributed by atoms with Crippen LogP contribution in [-0.4, -0.2) is 23.3 Å². The Kier molecular flexibility index (Phi) is 4.99. The van der Waals surface area contributed by atoms with Crippen molar-refractivity contribution in [3.63, 3.8) is 0 Å². The zero-order chi connectivity index (χ0) is 12.0. The normalized spacial score (nSPS) is 10.7. The number of aryl methyl sites for hydroxylation is 2. The maximum absolute atomic E-state index is 11.7. The van der Waals surface area contributed by atoms with Gasteiger partial charge in [-0.3, -0.25) is 9.78 Å². The van der Waals surface area contributed by atoms with Crippen LogP contribution in [-0.2, 0) is 0 Å². The van der Waals surface area contributed by atoms with Gasteiger partial charge in [0.1, 0.15) is 0 Å². The van der Waals surface area contributed by atoms with Crippen molar-refractivity contribution < 1.29 is 4.79 Å². The summed E-state index contributed by atoms with van der Waals surface area (Å²) in [6.45, 7) is 4.22. The lowest BCUT2D eigenvalue weighted by molar-refractivity contribution is 0.0957. The van der Waals surface area contributed by atoms with Gasteiger partial charge in [-0.1, -0.05) is 12.2 Å². The molecule has 0 unspecified atom stereocenters. The summed E-state index contributed by atoms with van der Waals surface area (Å²) in [7, 11) is 0. The zero-order valence-corrected chi connectivity index (χ0v) is 10.2. The van der Waals surface area contributed by atoms with Crippen LogP contribution in [0.25, 0.3) is 0 Å². The first-order valence-corrected chi connectivity index (χ1v) is 5.62. The van der Waals surface area contributed by atoms with Crippen molar-refractivity contribution in [2.24, 2.45) is 0 Å². The van der Waals surface area contributed by atoms with E-state index in [0.717, 1.165) is 11.4 Å². The van der Waals surface area contributed by atoms with E-state index < -0.39 is 0 Å². The fourth-order valence-corrected chi connectivity index (χ4v) is 1.45. The zero-order valence-electron chi connectivity index (χ0n) is 9.46. The Balaban J connectivity index is 2.63. The van der Waals surface area contributed by atoms with E-state index in [-0.39, 0.29) is 5.91 Å². The van der Waals surface area contributed by atoms with E-state index in [1.54, 1.807) is 12.1 Å². The lowest BCUT2D eigenvalue weighted by Gasteiger charge is -2.05. The van der Waals surface area contributed by atoms with Gasteiger partial charge in [-0.15, -0.1) is 11.6 Å². The molecule has 0 saturated carbocycles. The molecule has 0 spiro atoms. The predicted molar refractivity (Wildman–Crippen MR) is 65.9 cm³/mol. The predicted octanol–water partition coefficient (Wildman–Crippen LogP) is 2.22. The minimum absolute atomic E-state index is 0.107. The second-order valence-corrected chi connectivity index (χ2v) is 3.73. The van der Waals surface area contributed by atoms with Crippen LogP contribution < -0.4 is 5.32 Å². The molecule has 0 bridgehead atoms. The van der Waals surface area contributed by atoms with Crippen molar-refractivity contribution in [3.05, 3.63) is 41.2 Å². The number of aromatic nitrogens is 1. The van der Waals surface area contributed by atoms with E-state index >= 15 is 0 Å². The first-order chi connectivity index (χ1) is 7.65. The number of halogens is 1. The molecule has 0 aliphatic rings. The molecule has 4 heteroatoms. The highest BCUT2D eigenvalue weighted by atomic mass is 35.5. The molecule has 1 rings (SSSR count). The van der Waals surface area contributed by atoms with Gasteiger partial charge in [0.25, 0.3) is 5.91 Å². The third-order valence-electron chi connectivity index (χ3n) is 2.11. The Morgan fingerprint density at radius 3 is 2.81 bits per heavy atom. The maximum atomic E-state index is 11.7. The molecular formula is C12H15ClN2O. The van der Waals surface area contributed by atoms with Gasteiger partial charge in [0.05, 0.1) is 11.3 Å². The number of alkyl halides is 1. The van der Waals surface area contributed by atoms with E-state index in [1.807, 2.05) is 26.0 Å². The van der Waals surface area contributed by atoms with E-state index in [2.05, 4.69) is 10.3 Å². The molecule has 0 aromatic carbocycles. The third kappa shape index (κ3) is 3.66. The van der Waals surface area contributed by atoms with Gasteiger partial charge < -0.3 is 5.32 Å². The number of hydrogen-bond acceptors (Lipinski definition) is 2. The highest BCUT2D eigenvalue weighted by molar-refractivity contribution is 6.18.